The number of methoxy groups -OCH3 is 1. The van der Waals surface area contributed by atoms with Crippen LogP contribution in [0.4, 0.5) is 11.5 Å². The lowest BCUT2D eigenvalue weighted by molar-refractivity contribution is 0.102. The summed E-state index contributed by atoms with van der Waals surface area (Å²) in [5.41, 5.74) is 0.820. The summed E-state index contributed by atoms with van der Waals surface area (Å²) in [5, 5.41) is 6.32. The lowest BCUT2D eigenvalue weighted by atomic mass is 10.2. The Bertz CT molecular complexity index is 647. The molecule has 1 aromatic carbocycles. The van der Waals surface area contributed by atoms with Crippen molar-refractivity contribution in [2.75, 3.05) is 24.3 Å². The molecule has 0 aliphatic carbocycles. The summed E-state index contributed by atoms with van der Waals surface area (Å²) < 4.78 is 5.19. The van der Waals surface area contributed by atoms with Gasteiger partial charge in [-0.15, -0.1) is 0 Å². The fourth-order valence-corrected chi connectivity index (χ4v) is 1.98. The van der Waals surface area contributed by atoms with Gasteiger partial charge in [0.15, 0.2) is 0 Å². The largest absolute Gasteiger partial charge is 0.495 e. The highest BCUT2D eigenvalue weighted by molar-refractivity contribution is 6.31. The van der Waals surface area contributed by atoms with Gasteiger partial charge in [-0.3, -0.25) is 4.79 Å². The van der Waals surface area contributed by atoms with E-state index in [-0.39, 0.29) is 5.91 Å². The van der Waals surface area contributed by atoms with E-state index in [2.05, 4.69) is 15.6 Å². The minimum atomic E-state index is -0.324. The third-order valence-corrected chi connectivity index (χ3v) is 2.98. The van der Waals surface area contributed by atoms with Crippen LogP contribution in [0.3, 0.4) is 0 Å². The minimum Gasteiger partial charge on any atom is -0.495 e. The highest BCUT2D eigenvalue weighted by atomic mass is 35.5. The van der Waals surface area contributed by atoms with E-state index in [1.165, 1.54) is 7.11 Å². The van der Waals surface area contributed by atoms with Gasteiger partial charge in [0.1, 0.15) is 17.3 Å². The van der Waals surface area contributed by atoms with Crippen molar-refractivity contribution in [3.63, 3.8) is 0 Å². The monoisotopic (exact) mass is 305 g/mol. The van der Waals surface area contributed by atoms with Crippen LogP contribution < -0.4 is 15.4 Å². The molecule has 1 heterocycles. The van der Waals surface area contributed by atoms with E-state index in [4.69, 9.17) is 16.3 Å². The number of rotatable bonds is 5. The molecule has 0 saturated carbocycles. The van der Waals surface area contributed by atoms with Crippen LogP contribution >= 0.6 is 11.6 Å². The van der Waals surface area contributed by atoms with Crippen molar-refractivity contribution < 1.29 is 9.53 Å². The summed E-state index contributed by atoms with van der Waals surface area (Å²) in [6.45, 7) is 2.70. The maximum atomic E-state index is 12.2. The molecular formula is C15H16ClN3O2. The molecule has 2 aromatic rings. The van der Waals surface area contributed by atoms with Gasteiger partial charge in [0, 0.05) is 11.6 Å². The van der Waals surface area contributed by atoms with E-state index in [1.807, 2.05) is 6.92 Å². The van der Waals surface area contributed by atoms with Gasteiger partial charge in [-0.05, 0) is 37.3 Å². The molecule has 0 unspecified atom stereocenters. The zero-order chi connectivity index (χ0) is 15.2. The first kappa shape index (κ1) is 15.1. The number of anilines is 2. The van der Waals surface area contributed by atoms with E-state index < -0.39 is 0 Å². The van der Waals surface area contributed by atoms with Crippen molar-refractivity contribution >= 4 is 29.0 Å². The molecule has 0 spiro atoms. The number of carbonyl (C=O) groups is 1. The second-order valence-corrected chi connectivity index (χ2v) is 4.67. The topological polar surface area (TPSA) is 63.2 Å². The molecule has 0 radical (unpaired) electrons. The molecule has 0 fully saturated rings. The highest BCUT2D eigenvalue weighted by Gasteiger charge is 2.12. The molecule has 0 saturated heterocycles. The van der Waals surface area contributed by atoms with Crippen LogP contribution in [0.1, 0.15) is 17.4 Å². The Morgan fingerprint density at radius 2 is 2.14 bits per heavy atom. The fraction of sp³-hybridized carbons (Fsp3) is 0.200. The first-order chi connectivity index (χ1) is 10.1. The van der Waals surface area contributed by atoms with Crippen molar-refractivity contribution in [1.29, 1.82) is 0 Å². The third-order valence-electron chi connectivity index (χ3n) is 2.75. The molecule has 5 nitrogen and oxygen atoms in total. The van der Waals surface area contributed by atoms with Crippen molar-refractivity contribution in [3.05, 3.63) is 47.1 Å². The van der Waals surface area contributed by atoms with E-state index in [9.17, 15) is 4.79 Å². The van der Waals surface area contributed by atoms with Crippen LogP contribution in [0.2, 0.25) is 5.02 Å². The van der Waals surface area contributed by atoms with Gasteiger partial charge in [0.25, 0.3) is 5.91 Å². The number of benzene rings is 1. The average Bonchev–Trinajstić information content (AvgIpc) is 2.48. The predicted octanol–water partition coefficient (Wildman–Crippen LogP) is 3.43. The van der Waals surface area contributed by atoms with Gasteiger partial charge in [0.05, 0.1) is 12.8 Å². The number of halogens is 1. The molecule has 1 amide bonds. The van der Waals surface area contributed by atoms with E-state index >= 15 is 0 Å². The van der Waals surface area contributed by atoms with E-state index in [0.29, 0.717) is 28.0 Å². The van der Waals surface area contributed by atoms with Gasteiger partial charge < -0.3 is 15.4 Å². The Balaban J connectivity index is 2.21. The normalized spacial score (nSPS) is 10.0. The lowest BCUT2D eigenvalue weighted by Crippen LogP contribution is -2.15. The minimum absolute atomic E-state index is 0.315. The summed E-state index contributed by atoms with van der Waals surface area (Å²) in [4.78, 5) is 16.5. The average molecular weight is 306 g/mol. The third kappa shape index (κ3) is 3.86. The summed E-state index contributed by atoms with van der Waals surface area (Å²) in [5.74, 6) is 0.870. The number of aromatic nitrogens is 1. The Hall–Kier alpha value is -2.27. The molecule has 6 heteroatoms. The first-order valence-corrected chi connectivity index (χ1v) is 6.87. The molecule has 0 atom stereocenters. The van der Waals surface area contributed by atoms with Gasteiger partial charge in [-0.2, -0.15) is 0 Å². The number of nitrogens with zero attached hydrogens (tertiary/aromatic N) is 1. The summed E-state index contributed by atoms with van der Waals surface area (Å²) in [6.07, 6.45) is 0. The highest BCUT2D eigenvalue weighted by Crippen LogP contribution is 2.28. The summed E-state index contributed by atoms with van der Waals surface area (Å²) in [7, 11) is 1.53. The molecule has 0 bridgehead atoms. The molecule has 2 N–H and O–H groups in total. The van der Waals surface area contributed by atoms with E-state index in [1.54, 1.807) is 36.4 Å². The van der Waals surface area contributed by atoms with Gasteiger partial charge in [-0.1, -0.05) is 17.7 Å². The molecule has 0 aliphatic heterocycles. The fourth-order valence-electron chi connectivity index (χ4n) is 1.80. The maximum absolute atomic E-state index is 12.2. The van der Waals surface area contributed by atoms with Gasteiger partial charge in [0.2, 0.25) is 0 Å². The Kier molecular flexibility index (Phi) is 5.00. The molecular weight excluding hydrogens is 290 g/mol. The molecule has 0 aliphatic rings. The zero-order valence-corrected chi connectivity index (χ0v) is 12.6. The van der Waals surface area contributed by atoms with Gasteiger partial charge >= 0.3 is 0 Å². The number of ether oxygens (including phenoxy) is 1. The molecule has 110 valence electrons. The molecule has 2 rings (SSSR count). The number of hydrogen-bond acceptors (Lipinski definition) is 4. The van der Waals surface area contributed by atoms with Crippen LogP contribution in [0.5, 0.6) is 5.75 Å². The zero-order valence-electron chi connectivity index (χ0n) is 11.8. The number of nitrogens with one attached hydrogen (secondary N) is 2. The molecule has 21 heavy (non-hydrogen) atoms. The Morgan fingerprint density at radius 1 is 1.33 bits per heavy atom. The first-order valence-electron chi connectivity index (χ1n) is 6.50. The number of amides is 1. The van der Waals surface area contributed by atoms with Crippen LogP contribution in [0, 0.1) is 0 Å². The summed E-state index contributed by atoms with van der Waals surface area (Å²) >= 11 is 5.94. The molecule has 1 aromatic heterocycles. The van der Waals surface area contributed by atoms with Crippen molar-refractivity contribution in [2.45, 2.75) is 6.92 Å². The maximum Gasteiger partial charge on any atom is 0.274 e. The number of carbonyl (C=O) groups excluding carboxylic acids is 1. The van der Waals surface area contributed by atoms with Gasteiger partial charge in [-0.25, -0.2) is 4.98 Å². The standard InChI is InChI=1S/C15H16ClN3O2/c1-3-17-14-6-4-5-11(18-14)15(20)19-12-9-10(16)7-8-13(12)21-2/h4-9H,3H2,1-2H3,(H,17,18)(H,19,20). The number of pyridine rings is 1. The van der Waals surface area contributed by atoms with Crippen LogP contribution in [0.15, 0.2) is 36.4 Å². The smallest absolute Gasteiger partial charge is 0.274 e. The predicted molar refractivity (Wildman–Crippen MR) is 84.4 cm³/mol. The van der Waals surface area contributed by atoms with Crippen molar-refractivity contribution in [3.8, 4) is 5.75 Å². The van der Waals surface area contributed by atoms with Crippen LogP contribution in [0.25, 0.3) is 0 Å². The van der Waals surface area contributed by atoms with Crippen molar-refractivity contribution in [2.24, 2.45) is 0 Å². The Morgan fingerprint density at radius 3 is 2.86 bits per heavy atom. The lowest BCUT2D eigenvalue weighted by Gasteiger charge is -2.11. The van der Waals surface area contributed by atoms with E-state index in [0.717, 1.165) is 6.54 Å². The SMILES string of the molecule is CCNc1cccc(C(=O)Nc2cc(Cl)ccc2OC)n1. The van der Waals surface area contributed by atoms with Crippen molar-refractivity contribution in [1.82, 2.24) is 4.98 Å². The second kappa shape index (κ2) is 6.95. The van der Waals surface area contributed by atoms with Crippen LogP contribution in [-0.2, 0) is 0 Å². The Labute approximate surface area is 128 Å². The quantitative estimate of drug-likeness (QED) is 0.888. The van der Waals surface area contributed by atoms with Crippen LogP contribution in [-0.4, -0.2) is 24.5 Å². The second-order valence-electron chi connectivity index (χ2n) is 4.24. The summed E-state index contributed by atoms with van der Waals surface area (Å²) in [6, 6.07) is 10.2. The number of hydrogen-bond donors (Lipinski definition) is 2.